The van der Waals surface area contributed by atoms with Gasteiger partial charge >= 0.3 is 0 Å². The van der Waals surface area contributed by atoms with Crippen LogP contribution in [0.3, 0.4) is 0 Å². The summed E-state index contributed by atoms with van der Waals surface area (Å²) in [6.07, 6.45) is 0.847. The number of para-hydroxylation sites is 1. The van der Waals surface area contributed by atoms with Gasteiger partial charge in [0.05, 0.1) is 0 Å². The van der Waals surface area contributed by atoms with Crippen molar-refractivity contribution in [2.45, 2.75) is 13.3 Å². The molecule has 1 aromatic heterocycles. The Morgan fingerprint density at radius 3 is 2.65 bits per heavy atom. The van der Waals surface area contributed by atoms with Crippen LogP contribution in [0, 0.1) is 0 Å². The van der Waals surface area contributed by atoms with Gasteiger partial charge in [0.15, 0.2) is 11.5 Å². The van der Waals surface area contributed by atoms with E-state index in [0.717, 1.165) is 27.7 Å². The van der Waals surface area contributed by atoms with Crippen LogP contribution < -0.4 is 5.32 Å². The second-order valence-electron chi connectivity index (χ2n) is 5.05. The summed E-state index contributed by atoms with van der Waals surface area (Å²) in [6.45, 7) is 2.05. The fraction of sp³-hybridized carbons (Fsp3) is 0.111. The molecule has 116 valence electrons. The number of rotatable bonds is 4. The molecule has 0 atom stereocenters. The summed E-state index contributed by atoms with van der Waals surface area (Å²) < 4.78 is 6.26. The maximum atomic E-state index is 12.3. The number of halogens is 1. The zero-order valence-corrected chi connectivity index (χ0v) is 14.1. The zero-order chi connectivity index (χ0) is 16.2. The molecule has 23 heavy (non-hydrogen) atoms. The first-order valence-corrected chi connectivity index (χ1v) is 8.08. The molecule has 0 aliphatic carbocycles. The highest BCUT2D eigenvalue weighted by atomic mass is 79.9. The van der Waals surface area contributed by atoms with Crippen LogP contribution in [-0.2, 0) is 6.42 Å². The Labute approximate surface area is 142 Å². The van der Waals surface area contributed by atoms with Crippen LogP contribution >= 0.6 is 15.9 Å². The van der Waals surface area contributed by atoms with Crippen molar-refractivity contribution in [1.82, 2.24) is 5.16 Å². The highest BCUT2D eigenvalue weighted by Gasteiger charge is 2.14. The minimum atomic E-state index is -0.280. The lowest BCUT2D eigenvalue weighted by Gasteiger charge is -2.07. The lowest BCUT2D eigenvalue weighted by atomic mass is 10.1. The number of nitrogens with zero attached hydrogens (tertiary/aromatic N) is 1. The SMILES string of the molecule is CCc1ccccc1NC(=O)c1cc(-c2ccc(Br)cc2)on1. The van der Waals surface area contributed by atoms with E-state index in [1.54, 1.807) is 6.07 Å². The maximum absolute atomic E-state index is 12.3. The Balaban J connectivity index is 1.80. The van der Waals surface area contributed by atoms with Gasteiger partial charge in [-0.05, 0) is 30.2 Å². The predicted molar refractivity (Wildman–Crippen MR) is 93.4 cm³/mol. The molecule has 1 amide bonds. The van der Waals surface area contributed by atoms with Crippen LogP contribution in [0.1, 0.15) is 23.0 Å². The fourth-order valence-corrected chi connectivity index (χ4v) is 2.53. The molecule has 0 fully saturated rings. The molecule has 5 heteroatoms. The number of benzene rings is 2. The summed E-state index contributed by atoms with van der Waals surface area (Å²) in [5.41, 5.74) is 3.01. The third-order valence-electron chi connectivity index (χ3n) is 3.52. The van der Waals surface area contributed by atoms with Gasteiger partial charge in [0.1, 0.15) is 0 Å². The van der Waals surface area contributed by atoms with Gasteiger partial charge in [0, 0.05) is 21.8 Å². The van der Waals surface area contributed by atoms with Crippen LogP contribution in [-0.4, -0.2) is 11.1 Å². The minimum Gasteiger partial charge on any atom is -0.355 e. The van der Waals surface area contributed by atoms with Gasteiger partial charge in [-0.3, -0.25) is 4.79 Å². The number of hydrogen-bond acceptors (Lipinski definition) is 3. The van der Waals surface area contributed by atoms with E-state index in [-0.39, 0.29) is 11.6 Å². The third-order valence-corrected chi connectivity index (χ3v) is 4.05. The normalized spacial score (nSPS) is 10.5. The lowest BCUT2D eigenvalue weighted by molar-refractivity contribution is 0.101. The van der Waals surface area contributed by atoms with E-state index in [2.05, 4.69) is 26.4 Å². The summed E-state index contributed by atoms with van der Waals surface area (Å²) in [6, 6.07) is 17.0. The number of carbonyl (C=O) groups excluding carboxylic acids is 1. The first-order valence-electron chi connectivity index (χ1n) is 7.29. The van der Waals surface area contributed by atoms with Crippen molar-refractivity contribution in [2.75, 3.05) is 5.32 Å². The summed E-state index contributed by atoms with van der Waals surface area (Å²) in [7, 11) is 0. The van der Waals surface area contributed by atoms with Crippen molar-refractivity contribution in [3.8, 4) is 11.3 Å². The van der Waals surface area contributed by atoms with Crippen LogP contribution in [0.2, 0.25) is 0 Å². The van der Waals surface area contributed by atoms with E-state index in [9.17, 15) is 4.79 Å². The Morgan fingerprint density at radius 2 is 1.91 bits per heavy atom. The fourth-order valence-electron chi connectivity index (χ4n) is 2.27. The van der Waals surface area contributed by atoms with E-state index < -0.39 is 0 Å². The Bertz CT molecular complexity index is 825. The van der Waals surface area contributed by atoms with Crippen molar-refractivity contribution in [2.24, 2.45) is 0 Å². The van der Waals surface area contributed by atoms with Crippen LogP contribution in [0.15, 0.2) is 63.6 Å². The average Bonchev–Trinajstić information content (AvgIpc) is 3.06. The average molecular weight is 371 g/mol. The van der Waals surface area contributed by atoms with E-state index in [0.29, 0.717) is 5.76 Å². The number of amides is 1. The van der Waals surface area contributed by atoms with Gasteiger partial charge in [-0.15, -0.1) is 0 Å². The van der Waals surface area contributed by atoms with E-state index in [1.807, 2.05) is 55.5 Å². The molecule has 3 aromatic rings. The molecule has 0 saturated heterocycles. The molecule has 0 radical (unpaired) electrons. The standard InChI is InChI=1S/C18H15BrN2O2/c1-2-12-5-3-4-6-15(12)20-18(22)16-11-17(23-21-16)13-7-9-14(19)10-8-13/h3-11H,2H2,1H3,(H,20,22). The van der Waals surface area contributed by atoms with Crippen molar-refractivity contribution in [1.29, 1.82) is 0 Å². The highest BCUT2D eigenvalue weighted by Crippen LogP contribution is 2.23. The number of hydrogen-bond donors (Lipinski definition) is 1. The van der Waals surface area contributed by atoms with Crippen LogP contribution in [0.25, 0.3) is 11.3 Å². The number of aryl methyl sites for hydroxylation is 1. The first kappa shape index (κ1) is 15.5. The summed E-state index contributed by atoms with van der Waals surface area (Å²) in [5.74, 6) is 0.282. The Kier molecular flexibility index (Phi) is 4.57. The highest BCUT2D eigenvalue weighted by molar-refractivity contribution is 9.10. The molecule has 3 rings (SSSR count). The second-order valence-corrected chi connectivity index (χ2v) is 5.96. The van der Waals surface area contributed by atoms with Crippen LogP contribution in [0.5, 0.6) is 0 Å². The van der Waals surface area contributed by atoms with Crippen molar-refractivity contribution in [3.63, 3.8) is 0 Å². The molecule has 1 heterocycles. The smallest absolute Gasteiger partial charge is 0.277 e. The molecule has 2 aromatic carbocycles. The molecular formula is C18H15BrN2O2. The van der Waals surface area contributed by atoms with Gasteiger partial charge in [-0.25, -0.2) is 0 Å². The van der Waals surface area contributed by atoms with E-state index >= 15 is 0 Å². The van der Waals surface area contributed by atoms with Gasteiger partial charge in [0.25, 0.3) is 5.91 Å². The molecule has 0 saturated carbocycles. The van der Waals surface area contributed by atoms with Crippen molar-refractivity contribution >= 4 is 27.5 Å². The molecule has 0 spiro atoms. The second kappa shape index (κ2) is 6.79. The van der Waals surface area contributed by atoms with Gasteiger partial charge < -0.3 is 9.84 Å². The Hall–Kier alpha value is -2.40. The van der Waals surface area contributed by atoms with Gasteiger partial charge in [-0.2, -0.15) is 0 Å². The summed E-state index contributed by atoms with van der Waals surface area (Å²) >= 11 is 3.39. The molecule has 0 aliphatic heterocycles. The topological polar surface area (TPSA) is 55.1 Å². The molecule has 0 aliphatic rings. The van der Waals surface area contributed by atoms with Gasteiger partial charge in [0.2, 0.25) is 0 Å². The number of aromatic nitrogens is 1. The number of nitrogens with one attached hydrogen (secondary N) is 1. The summed E-state index contributed by atoms with van der Waals surface area (Å²) in [4.78, 5) is 12.3. The molecule has 4 nitrogen and oxygen atoms in total. The van der Waals surface area contributed by atoms with Crippen LogP contribution in [0.4, 0.5) is 5.69 Å². The Morgan fingerprint density at radius 1 is 1.17 bits per heavy atom. The molecular weight excluding hydrogens is 356 g/mol. The number of anilines is 1. The molecule has 1 N–H and O–H groups in total. The molecule has 0 unspecified atom stereocenters. The zero-order valence-electron chi connectivity index (χ0n) is 12.5. The third kappa shape index (κ3) is 3.51. The predicted octanol–water partition coefficient (Wildman–Crippen LogP) is 4.92. The lowest BCUT2D eigenvalue weighted by Crippen LogP contribution is -2.13. The molecule has 0 bridgehead atoms. The summed E-state index contributed by atoms with van der Waals surface area (Å²) in [5, 5.41) is 6.75. The van der Waals surface area contributed by atoms with Gasteiger partial charge in [-0.1, -0.05) is 58.3 Å². The quantitative estimate of drug-likeness (QED) is 0.708. The number of carbonyl (C=O) groups is 1. The largest absolute Gasteiger partial charge is 0.355 e. The van der Waals surface area contributed by atoms with Crippen molar-refractivity contribution in [3.05, 3.63) is 70.3 Å². The maximum Gasteiger partial charge on any atom is 0.277 e. The van der Waals surface area contributed by atoms with E-state index in [4.69, 9.17) is 4.52 Å². The monoisotopic (exact) mass is 370 g/mol. The minimum absolute atomic E-state index is 0.258. The van der Waals surface area contributed by atoms with Crippen molar-refractivity contribution < 1.29 is 9.32 Å². The van der Waals surface area contributed by atoms with E-state index in [1.165, 1.54) is 0 Å². The first-order chi connectivity index (χ1) is 11.2.